The second-order valence-corrected chi connectivity index (χ2v) is 7.71. The van der Waals surface area contributed by atoms with E-state index in [4.69, 9.17) is 4.11 Å². The smallest absolute Gasteiger partial charge is 0.159 e. The van der Waals surface area contributed by atoms with Crippen molar-refractivity contribution >= 4 is 0 Å². The Morgan fingerprint density at radius 3 is 2.42 bits per heavy atom. The molecule has 1 unspecified atom stereocenters. The Hall–Kier alpha value is -0.920. The molecule has 2 fully saturated rings. The number of halogens is 2. The molecule has 0 saturated heterocycles. The van der Waals surface area contributed by atoms with Gasteiger partial charge in [0.1, 0.15) is 0 Å². The Bertz CT molecular complexity index is 626. The van der Waals surface area contributed by atoms with Crippen molar-refractivity contribution in [1.82, 2.24) is 0 Å². The van der Waals surface area contributed by atoms with Crippen molar-refractivity contribution < 1.29 is 12.9 Å². The molecule has 0 radical (unpaired) electrons. The third-order valence-corrected chi connectivity index (χ3v) is 6.10. The van der Waals surface area contributed by atoms with Crippen LogP contribution in [0, 0.1) is 29.4 Å². The van der Waals surface area contributed by atoms with Crippen LogP contribution in [0.15, 0.2) is 18.2 Å². The Balaban J connectivity index is 1.66. The highest BCUT2D eigenvalue weighted by Gasteiger charge is 2.31. The number of benzene rings is 1. The molecule has 2 aliphatic carbocycles. The van der Waals surface area contributed by atoms with Gasteiger partial charge in [-0.2, -0.15) is 0 Å². The van der Waals surface area contributed by atoms with Gasteiger partial charge in [-0.1, -0.05) is 45.1 Å². The van der Waals surface area contributed by atoms with Crippen LogP contribution in [-0.4, -0.2) is 0 Å². The number of unbranched alkanes of at least 4 members (excludes halogenated alkanes) is 1. The lowest BCUT2D eigenvalue weighted by Gasteiger charge is -2.38. The zero-order chi connectivity index (χ0) is 19.6. The second-order valence-electron chi connectivity index (χ2n) is 7.71. The standard InChI is InChI=1S/C22H32F2/c1-2-3-4-16-5-7-17(8-6-16)18-9-11-19(12-10-18)20-13-14-21(23)22(24)15-20/h13-19H,2-12H2,1H3/t16-,17-,18-,19?/i11D,12D2/t11-,16-,17-,18-,19?/m1/s1. The Labute approximate surface area is 150 Å². The maximum Gasteiger partial charge on any atom is 0.159 e. The van der Waals surface area contributed by atoms with Gasteiger partial charge in [-0.05, 0) is 79.8 Å². The van der Waals surface area contributed by atoms with Gasteiger partial charge in [-0.3, -0.25) is 0 Å². The van der Waals surface area contributed by atoms with Crippen LogP contribution in [0.1, 0.15) is 93.1 Å². The molecule has 2 aliphatic rings. The molecule has 0 bridgehead atoms. The maximum atomic E-state index is 13.6. The molecule has 2 heteroatoms. The highest BCUT2D eigenvalue weighted by molar-refractivity contribution is 5.22. The maximum absolute atomic E-state index is 13.6. The minimum absolute atomic E-state index is 0.233. The number of hydrogen-bond acceptors (Lipinski definition) is 0. The molecule has 3 rings (SSSR count). The molecule has 0 heterocycles. The van der Waals surface area contributed by atoms with E-state index in [0.717, 1.165) is 30.9 Å². The molecule has 1 aromatic carbocycles. The first kappa shape index (κ1) is 14.3. The lowest BCUT2D eigenvalue weighted by molar-refractivity contribution is 0.156. The first-order valence-electron chi connectivity index (χ1n) is 11.3. The fourth-order valence-corrected chi connectivity index (χ4v) is 4.52. The zero-order valence-electron chi connectivity index (χ0n) is 17.7. The van der Waals surface area contributed by atoms with E-state index in [-0.39, 0.29) is 5.92 Å². The van der Waals surface area contributed by atoms with E-state index in [0.29, 0.717) is 24.3 Å². The number of rotatable bonds is 5. The van der Waals surface area contributed by atoms with Crippen LogP contribution in [0.2, 0.25) is 0 Å². The third-order valence-electron chi connectivity index (χ3n) is 6.10. The predicted molar refractivity (Wildman–Crippen MR) is 96.0 cm³/mol. The molecule has 0 amide bonds. The Kier molecular flexibility index (Phi) is 5.02. The summed E-state index contributed by atoms with van der Waals surface area (Å²) in [4.78, 5) is 0. The van der Waals surface area contributed by atoms with E-state index >= 15 is 0 Å². The molecule has 1 aromatic rings. The van der Waals surface area contributed by atoms with Gasteiger partial charge in [0.05, 0.1) is 0 Å². The van der Waals surface area contributed by atoms with Crippen LogP contribution in [0.4, 0.5) is 8.78 Å². The Morgan fingerprint density at radius 2 is 1.75 bits per heavy atom. The predicted octanol–water partition coefficient (Wildman–Crippen LogP) is 7.24. The van der Waals surface area contributed by atoms with Crippen LogP contribution in [0.5, 0.6) is 0 Å². The van der Waals surface area contributed by atoms with Crippen LogP contribution in [-0.2, 0) is 0 Å². The van der Waals surface area contributed by atoms with Gasteiger partial charge in [-0.25, -0.2) is 8.78 Å². The van der Waals surface area contributed by atoms with E-state index in [1.54, 1.807) is 0 Å². The van der Waals surface area contributed by atoms with Crippen LogP contribution in [0.25, 0.3) is 0 Å². The topological polar surface area (TPSA) is 0 Å². The lowest BCUT2D eigenvalue weighted by atomic mass is 9.68. The fourth-order valence-electron chi connectivity index (χ4n) is 4.52. The van der Waals surface area contributed by atoms with Gasteiger partial charge >= 0.3 is 0 Å². The van der Waals surface area contributed by atoms with Crippen LogP contribution < -0.4 is 0 Å². The summed E-state index contributed by atoms with van der Waals surface area (Å²) in [6.45, 7) is 2.23. The summed E-state index contributed by atoms with van der Waals surface area (Å²) in [6, 6.07) is 3.58. The van der Waals surface area contributed by atoms with Crippen molar-refractivity contribution in [2.45, 2.75) is 83.4 Å². The summed E-state index contributed by atoms with van der Waals surface area (Å²) in [7, 11) is 0. The molecule has 24 heavy (non-hydrogen) atoms. The van der Waals surface area contributed by atoms with Crippen molar-refractivity contribution in [3.05, 3.63) is 35.4 Å². The zero-order valence-corrected chi connectivity index (χ0v) is 14.7. The molecule has 134 valence electrons. The van der Waals surface area contributed by atoms with Gasteiger partial charge < -0.3 is 0 Å². The lowest BCUT2D eigenvalue weighted by Crippen LogP contribution is -2.25. The van der Waals surface area contributed by atoms with Crippen molar-refractivity contribution in [2.24, 2.45) is 17.8 Å². The summed E-state index contributed by atoms with van der Waals surface area (Å²) < 4.78 is 52.6. The fraction of sp³-hybridized carbons (Fsp3) is 0.727. The minimum atomic E-state index is -1.56. The van der Waals surface area contributed by atoms with Crippen LogP contribution in [0.3, 0.4) is 0 Å². The minimum Gasteiger partial charge on any atom is -0.204 e. The molecule has 0 spiro atoms. The average molecular weight is 338 g/mol. The monoisotopic (exact) mass is 337 g/mol. The largest absolute Gasteiger partial charge is 0.204 e. The van der Waals surface area contributed by atoms with Gasteiger partial charge in [0.25, 0.3) is 0 Å². The summed E-state index contributed by atoms with van der Waals surface area (Å²) in [5, 5.41) is 0. The molecule has 0 N–H and O–H groups in total. The molecular weight excluding hydrogens is 302 g/mol. The highest BCUT2D eigenvalue weighted by atomic mass is 19.2. The first-order chi connectivity index (χ1) is 12.8. The van der Waals surface area contributed by atoms with E-state index in [1.807, 2.05) is 0 Å². The normalized spacial score (nSPS) is 38.1. The molecule has 2 saturated carbocycles. The highest BCUT2D eigenvalue weighted by Crippen LogP contribution is 2.44. The molecule has 3 atom stereocenters. The SMILES string of the molecule is [2H][C@@H]1C[C@@H]([C@H]2CC[C@H](CCCC)CC2)CC([2H])([2H])C1c1ccc(F)c(F)c1. The summed E-state index contributed by atoms with van der Waals surface area (Å²) in [5.74, 6) is -1.00. The van der Waals surface area contributed by atoms with E-state index in [9.17, 15) is 8.78 Å². The Morgan fingerprint density at radius 1 is 1.00 bits per heavy atom. The van der Waals surface area contributed by atoms with Crippen molar-refractivity contribution in [3.63, 3.8) is 0 Å². The van der Waals surface area contributed by atoms with Crippen molar-refractivity contribution in [3.8, 4) is 0 Å². The van der Waals surface area contributed by atoms with Crippen molar-refractivity contribution in [2.75, 3.05) is 0 Å². The van der Waals surface area contributed by atoms with E-state index < -0.39 is 30.3 Å². The summed E-state index contributed by atoms with van der Waals surface area (Å²) in [5.41, 5.74) is 0.417. The van der Waals surface area contributed by atoms with Gasteiger partial charge in [0.15, 0.2) is 11.6 Å². The molecule has 0 aromatic heterocycles. The third kappa shape index (κ3) is 4.37. The van der Waals surface area contributed by atoms with Crippen LogP contribution >= 0.6 is 0 Å². The van der Waals surface area contributed by atoms with E-state index in [2.05, 4.69) is 6.92 Å². The molecule has 0 nitrogen and oxygen atoms in total. The quantitative estimate of drug-likeness (QED) is 0.531. The number of hydrogen-bond donors (Lipinski definition) is 0. The average Bonchev–Trinajstić information content (AvgIpc) is 2.62. The van der Waals surface area contributed by atoms with E-state index in [1.165, 1.54) is 38.2 Å². The summed E-state index contributed by atoms with van der Waals surface area (Å²) >= 11 is 0. The van der Waals surface area contributed by atoms with Crippen molar-refractivity contribution in [1.29, 1.82) is 0 Å². The second kappa shape index (κ2) is 8.45. The molecular formula is C22H32F2. The van der Waals surface area contributed by atoms with Gasteiger partial charge in [0, 0.05) is 4.11 Å². The van der Waals surface area contributed by atoms with Gasteiger partial charge in [0.2, 0.25) is 0 Å². The summed E-state index contributed by atoms with van der Waals surface area (Å²) in [6.07, 6.45) is 7.55. The van der Waals surface area contributed by atoms with Gasteiger partial charge in [-0.15, -0.1) is 0 Å². The molecule has 0 aliphatic heterocycles. The first-order valence-corrected chi connectivity index (χ1v) is 9.69.